The van der Waals surface area contributed by atoms with Crippen molar-refractivity contribution in [2.75, 3.05) is 0 Å². The van der Waals surface area contributed by atoms with Gasteiger partial charge < -0.3 is 5.32 Å². The van der Waals surface area contributed by atoms with Gasteiger partial charge in [0.1, 0.15) is 18.0 Å². The molecule has 0 bridgehead atoms. The molecule has 84 valence electrons. The zero-order chi connectivity index (χ0) is 11.4. The quantitative estimate of drug-likeness (QED) is 0.858. The molecule has 1 aromatic heterocycles. The SMILES string of the molecule is Fc1ccc(Cl)cc1CNCc1ncn[nH]1. The average Bonchev–Trinajstić information content (AvgIpc) is 2.76. The van der Waals surface area contributed by atoms with E-state index in [1.165, 1.54) is 18.5 Å². The second-order valence-electron chi connectivity index (χ2n) is 3.27. The number of nitrogens with one attached hydrogen (secondary N) is 2. The minimum Gasteiger partial charge on any atom is -0.306 e. The normalized spacial score (nSPS) is 10.6. The summed E-state index contributed by atoms with van der Waals surface area (Å²) in [5.41, 5.74) is 0.534. The van der Waals surface area contributed by atoms with Crippen LogP contribution in [0.25, 0.3) is 0 Å². The minimum atomic E-state index is -0.269. The number of nitrogens with zero attached hydrogens (tertiary/aromatic N) is 2. The number of benzene rings is 1. The van der Waals surface area contributed by atoms with Gasteiger partial charge in [0.25, 0.3) is 0 Å². The van der Waals surface area contributed by atoms with Crippen molar-refractivity contribution in [2.45, 2.75) is 13.1 Å². The average molecular weight is 241 g/mol. The summed E-state index contributed by atoms with van der Waals surface area (Å²) in [6.45, 7) is 0.902. The van der Waals surface area contributed by atoms with Gasteiger partial charge in [0.2, 0.25) is 0 Å². The number of aromatic nitrogens is 3. The van der Waals surface area contributed by atoms with Crippen molar-refractivity contribution in [3.63, 3.8) is 0 Å². The largest absolute Gasteiger partial charge is 0.306 e. The third-order valence-electron chi connectivity index (χ3n) is 2.08. The predicted octanol–water partition coefficient (Wildman–Crippen LogP) is 1.89. The molecule has 2 N–H and O–H groups in total. The van der Waals surface area contributed by atoms with Crippen molar-refractivity contribution in [3.05, 3.63) is 46.8 Å². The maximum absolute atomic E-state index is 13.3. The van der Waals surface area contributed by atoms with E-state index >= 15 is 0 Å². The molecule has 0 atom stereocenters. The third-order valence-corrected chi connectivity index (χ3v) is 2.32. The molecule has 6 heteroatoms. The van der Waals surface area contributed by atoms with Crippen molar-refractivity contribution in [3.8, 4) is 0 Å². The topological polar surface area (TPSA) is 53.6 Å². The Balaban J connectivity index is 1.92. The van der Waals surface area contributed by atoms with Crippen LogP contribution in [0.3, 0.4) is 0 Å². The molecule has 0 unspecified atom stereocenters. The number of aromatic amines is 1. The summed E-state index contributed by atoms with van der Waals surface area (Å²) in [5.74, 6) is 0.442. The monoisotopic (exact) mass is 240 g/mol. The highest BCUT2D eigenvalue weighted by molar-refractivity contribution is 6.30. The summed E-state index contributed by atoms with van der Waals surface area (Å²) in [7, 11) is 0. The second-order valence-corrected chi connectivity index (χ2v) is 3.71. The fourth-order valence-corrected chi connectivity index (χ4v) is 1.51. The Morgan fingerprint density at radius 3 is 3.00 bits per heavy atom. The van der Waals surface area contributed by atoms with E-state index in [0.29, 0.717) is 29.5 Å². The van der Waals surface area contributed by atoms with Crippen LogP contribution in [0.2, 0.25) is 5.02 Å². The molecule has 0 aliphatic rings. The molecule has 0 aliphatic carbocycles. The van der Waals surface area contributed by atoms with E-state index in [1.54, 1.807) is 6.07 Å². The molecule has 2 aromatic rings. The Labute approximate surface area is 96.9 Å². The molecule has 0 saturated heterocycles. The van der Waals surface area contributed by atoms with Gasteiger partial charge in [0.05, 0.1) is 6.54 Å². The number of hydrogen-bond acceptors (Lipinski definition) is 3. The molecule has 0 saturated carbocycles. The molecule has 0 aliphatic heterocycles. The molecular formula is C10H10ClFN4. The maximum Gasteiger partial charge on any atom is 0.138 e. The molecule has 0 amide bonds. The Bertz CT molecular complexity index is 458. The van der Waals surface area contributed by atoms with E-state index in [9.17, 15) is 4.39 Å². The summed E-state index contributed by atoms with van der Waals surface area (Å²) in [6, 6.07) is 4.48. The van der Waals surface area contributed by atoms with Gasteiger partial charge in [-0.1, -0.05) is 11.6 Å². The van der Waals surface area contributed by atoms with Crippen LogP contribution in [0.5, 0.6) is 0 Å². The van der Waals surface area contributed by atoms with Gasteiger partial charge >= 0.3 is 0 Å². The first kappa shape index (κ1) is 11.0. The lowest BCUT2D eigenvalue weighted by Gasteiger charge is -2.04. The lowest BCUT2D eigenvalue weighted by atomic mass is 10.2. The summed E-state index contributed by atoms with van der Waals surface area (Å²) >= 11 is 5.77. The van der Waals surface area contributed by atoms with Gasteiger partial charge in [-0.3, -0.25) is 5.10 Å². The Morgan fingerprint density at radius 2 is 2.25 bits per heavy atom. The molecule has 2 rings (SSSR count). The molecule has 1 heterocycles. The van der Waals surface area contributed by atoms with Crippen LogP contribution in [0.1, 0.15) is 11.4 Å². The Hall–Kier alpha value is -1.46. The van der Waals surface area contributed by atoms with Gasteiger partial charge in [-0.05, 0) is 18.2 Å². The van der Waals surface area contributed by atoms with Gasteiger partial charge in [0, 0.05) is 17.1 Å². The van der Waals surface area contributed by atoms with Gasteiger partial charge in [-0.15, -0.1) is 0 Å². The van der Waals surface area contributed by atoms with E-state index in [-0.39, 0.29) is 5.82 Å². The van der Waals surface area contributed by atoms with Crippen LogP contribution in [-0.2, 0) is 13.1 Å². The first-order chi connectivity index (χ1) is 7.75. The zero-order valence-electron chi connectivity index (χ0n) is 8.37. The summed E-state index contributed by atoms with van der Waals surface area (Å²) in [6.07, 6.45) is 1.43. The summed E-state index contributed by atoms with van der Waals surface area (Å²) in [5, 5.41) is 9.98. The number of rotatable bonds is 4. The van der Waals surface area contributed by atoms with Crippen LogP contribution >= 0.6 is 11.6 Å². The van der Waals surface area contributed by atoms with Crippen molar-refractivity contribution in [1.29, 1.82) is 0 Å². The van der Waals surface area contributed by atoms with Crippen LogP contribution in [-0.4, -0.2) is 15.2 Å². The van der Waals surface area contributed by atoms with Crippen LogP contribution in [0.15, 0.2) is 24.5 Å². The molecular weight excluding hydrogens is 231 g/mol. The van der Waals surface area contributed by atoms with Gasteiger partial charge in [-0.25, -0.2) is 9.37 Å². The lowest BCUT2D eigenvalue weighted by molar-refractivity contribution is 0.583. The zero-order valence-corrected chi connectivity index (χ0v) is 9.13. The highest BCUT2D eigenvalue weighted by Gasteiger charge is 2.03. The minimum absolute atomic E-state index is 0.269. The van der Waals surface area contributed by atoms with Gasteiger partial charge in [-0.2, -0.15) is 5.10 Å². The first-order valence-corrected chi connectivity index (χ1v) is 5.12. The predicted molar refractivity (Wildman–Crippen MR) is 58.3 cm³/mol. The van der Waals surface area contributed by atoms with Crippen molar-refractivity contribution in [1.82, 2.24) is 20.5 Å². The van der Waals surface area contributed by atoms with E-state index in [1.807, 2.05) is 0 Å². The number of halogens is 2. The fraction of sp³-hybridized carbons (Fsp3) is 0.200. The van der Waals surface area contributed by atoms with E-state index in [0.717, 1.165) is 0 Å². The summed E-state index contributed by atoms with van der Waals surface area (Å²) < 4.78 is 13.3. The highest BCUT2D eigenvalue weighted by atomic mass is 35.5. The fourth-order valence-electron chi connectivity index (χ4n) is 1.31. The standard InChI is InChI=1S/C10H10ClFN4/c11-8-1-2-9(12)7(3-8)4-13-5-10-14-6-15-16-10/h1-3,6,13H,4-5H2,(H,14,15,16). The van der Waals surface area contributed by atoms with E-state index < -0.39 is 0 Å². The van der Waals surface area contributed by atoms with Crippen LogP contribution < -0.4 is 5.32 Å². The molecule has 1 aromatic carbocycles. The van der Waals surface area contributed by atoms with Crippen LogP contribution in [0, 0.1) is 5.82 Å². The third kappa shape index (κ3) is 2.77. The van der Waals surface area contributed by atoms with Crippen molar-refractivity contribution in [2.24, 2.45) is 0 Å². The van der Waals surface area contributed by atoms with Crippen molar-refractivity contribution >= 4 is 11.6 Å². The second kappa shape index (κ2) is 5.05. The Morgan fingerprint density at radius 1 is 1.38 bits per heavy atom. The van der Waals surface area contributed by atoms with E-state index in [4.69, 9.17) is 11.6 Å². The number of H-pyrrole nitrogens is 1. The number of hydrogen-bond donors (Lipinski definition) is 2. The molecule has 0 fully saturated rings. The highest BCUT2D eigenvalue weighted by Crippen LogP contribution is 2.14. The first-order valence-electron chi connectivity index (χ1n) is 4.74. The lowest BCUT2D eigenvalue weighted by Crippen LogP contribution is -2.14. The molecule has 4 nitrogen and oxygen atoms in total. The Kier molecular flexibility index (Phi) is 3.48. The van der Waals surface area contributed by atoms with Crippen molar-refractivity contribution < 1.29 is 4.39 Å². The summed E-state index contributed by atoms with van der Waals surface area (Å²) in [4.78, 5) is 3.94. The van der Waals surface area contributed by atoms with Gasteiger partial charge in [0.15, 0.2) is 0 Å². The molecule has 0 radical (unpaired) electrons. The van der Waals surface area contributed by atoms with Crippen LogP contribution in [0.4, 0.5) is 4.39 Å². The smallest absolute Gasteiger partial charge is 0.138 e. The van der Waals surface area contributed by atoms with E-state index in [2.05, 4.69) is 20.5 Å². The molecule has 16 heavy (non-hydrogen) atoms. The molecule has 0 spiro atoms. The maximum atomic E-state index is 13.3.